The average molecular weight is 222 g/mol. The Morgan fingerprint density at radius 1 is 1.40 bits per heavy atom. The number of hydrogen-bond donors (Lipinski definition) is 2. The average Bonchev–Trinajstić information content (AvgIpc) is 2.23. The number of amides is 1. The third-order valence-corrected chi connectivity index (χ3v) is 4.03. The van der Waals surface area contributed by atoms with E-state index in [4.69, 9.17) is 5.73 Å². The molecule has 1 aliphatic rings. The molecule has 3 N–H and O–H groups in total. The molecule has 1 aliphatic heterocycles. The minimum Gasteiger partial charge on any atom is -0.329 e. The first-order valence-corrected chi connectivity index (χ1v) is 5.79. The van der Waals surface area contributed by atoms with Crippen molar-refractivity contribution >= 4 is 23.4 Å². The number of fused-ring (bicyclic) bond motifs is 1. The minimum absolute atomic E-state index is 0.0173. The van der Waals surface area contributed by atoms with Gasteiger partial charge < -0.3 is 11.1 Å². The van der Waals surface area contributed by atoms with E-state index in [1.165, 1.54) is 5.56 Å². The van der Waals surface area contributed by atoms with Crippen LogP contribution in [0.1, 0.15) is 11.1 Å². The maximum absolute atomic E-state index is 11.6. The number of nitrogens with one attached hydrogen (secondary N) is 1. The van der Waals surface area contributed by atoms with Crippen LogP contribution in [0.4, 0.5) is 5.69 Å². The second kappa shape index (κ2) is 3.87. The van der Waals surface area contributed by atoms with Crippen molar-refractivity contribution in [2.45, 2.75) is 24.0 Å². The van der Waals surface area contributed by atoms with Crippen LogP contribution in [0.2, 0.25) is 0 Å². The molecule has 0 aromatic heterocycles. The van der Waals surface area contributed by atoms with Gasteiger partial charge in [0, 0.05) is 11.4 Å². The van der Waals surface area contributed by atoms with Crippen molar-refractivity contribution in [3.05, 3.63) is 23.3 Å². The molecule has 4 heteroatoms. The Labute approximate surface area is 93.4 Å². The summed E-state index contributed by atoms with van der Waals surface area (Å²) in [6.45, 7) is 4.43. The highest BCUT2D eigenvalue weighted by Crippen LogP contribution is 2.39. The Balaban J connectivity index is 2.48. The van der Waals surface area contributed by atoms with Gasteiger partial charge in [0.15, 0.2) is 0 Å². The Hall–Kier alpha value is -1.000. The third kappa shape index (κ3) is 1.75. The van der Waals surface area contributed by atoms with Crippen LogP contribution in [0.3, 0.4) is 0 Å². The summed E-state index contributed by atoms with van der Waals surface area (Å²) in [5, 5.41) is 2.78. The molecule has 2 rings (SSSR count). The van der Waals surface area contributed by atoms with E-state index in [2.05, 4.69) is 18.3 Å². The predicted molar refractivity (Wildman–Crippen MR) is 63.2 cm³/mol. The third-order valence-electron chi connectivity index (χ3n) is 2.58. The highest BCUT2D eigenvalue weighted by molar-refractivity contribution is 8.01. The van der Waals surface area contributed by atoms with Crippen molar-refractivity contribution in [2.75, 3.05) is 11.9 Å². The molecule has 0 spiro atoms. The molecule has 0 fully saturated rings. The standard InChI is InChI=1S/C11H14N2OS/c1-6-3-4-7(2)10-9(6)13-11(14)8(5-12)15-10/h3-4,8H,5,12H2,1-2H3,(H,13,14). The van der Waals surface area contributed by atoms with Crippen LogP contribution in [0.15, 0.2) is 17.0 Å². The van der Waals surface area contributed by atoms with Crippen LogP contribution in [-0.4, -0.2) is 17.7 Å². The summed E-state index contributed by atoms with van der Waals surface area (Å²) in [6.07, 6.45) is 0. The number of rotatable bonds is 1. The maximum Gasteiger partial charge on any atom is 0.239 e. The summed E-state index contributed by atoms with van der Waals surface area (Å²) in [5.74, 6) is 0.0173. The fourth-order valence-electron chi connectivity index (χ4n) is 1.65. The molecule has 0 saturated heterocycles. The molecule has 1 atom stereocenters. The topological polar surface area (TPSA) is 55.1 Å². The lowest BCUT2D eigenvalue weighted by Gasteiger charge is -2.25. The van der Waals surface area contributed by atoms with E-state index in [1.54, 1.807) is 11.8 Å². The lowest BCUT2D eigenvalue weighted by molar-refractivity contribution is -0.115. The molecular weight excluding hydrogens is 208 g/mol. The summed E-state index contributed by atoms with van der Waals surface area (Å²) >= 11 is 1.57. The Morgan fingerprint density at radius 3 is 2.73 bits per heavy atom. The van der Waals surface area contributed by atoms with Gasteiger partial charge in [0.25, 0.3) is 0 Å². The summed E-state index contributed by atoms with van der Waals surface area (Å²) in [6, 6.07) is 4.10. The van der Waals surface area contributed by atoms with Crippen LogP contribution in [-0.2, 0) is 4.79 Å². The van der Waals surface area contributed by atoms with Gasteiger partial charge in [-0.1, -0.05) is 12.1 Å². The van der Waals surface area contributed by atoms with Crippen LogP contribution in [0, 0.1) is 13.8 Å². The molecule has 0 aliphatic carbocycles. The molecule has 1 unspecified atom stereocenters. The number of carbonyl (C=O) groups is 1. The van der Waals surface area contributed by atoms with Crippen molar-refractivity contribution < 1.29 is 4.79 Å². The van der Waals surface area contributed by atoms with E-state index in [0.717, 1.165) is 16.1 Å². The minimum atomic E-state index is -0.155. The number of aryl methyl sites for hydroxylation is 2. The largest absolute Gasteiger partial charge is 0.329 e. The zero-order valence-corrected chi connectivity index (χ0v) is 9.65. The molecular formula is C11H14N2OS. The van der Waals surface area contributed by atoms with Gasteiger partial charge in [-0.25, -0.2) is 0 Å². The number of hydrogen-bond acceptors (Lipinski definition) is 3. The van der Waals surface area contributed by atoms with Crippen molar-refractivity contribution in [1.29, 1.82) is 0 Å². The van der Waals surface area contributed by atoms with Gasteiger partial charge in [-0.15, -0.1) is 11.8 Å². The van der Waals surface area contributed by atoms with Gasteiger partial charge in [-0.05, 0) is 25.0 Å². The molecule has 3 nitrogen and oxygen atoms in total. The molecule has 0 saturated carbocycles. The smallest absolute Gasteiger partial charge is 0.239 e. The molecule has 1 aromatic carbocycles. The quantitative estimate of drug-likeness (QED) is 0.760. The first-order valence-electron chi connectivity index (χ1n) is 4.91. The van der Waals surface area contributed by atoms with E-state index in [1.807, 2.05) is 13.0 Å². The SMILES string of the molecule is Cc1ccc(C)c2c1NC(=O)C(CN)S2. The molecule has 1 heterocycles. The predicted octanol–water partition coefficient (Wildman–Crippen LogP) is 1.67. The van der Waals surface area contributed by atoms with Gasteiger partial charge >= 0.3 is 0 Å². The molecule has 0 radical (unpaired) electrons. The number of benzene rings is 1. The fourth-order valence-corrected chi connectivity index (χ4v) is 2.78. The molecule has 15 heavy (non-hydrogen) atoms. The maximum atomic E-state index is 11.6. The van der Waals surface area contributed by atoms with E-state index >= 15 is 0 Å². The number of thioether (sulfide) groups is 1. The zero-order chi connectivity index (χ0) is 11.0. The second-order valence-corrected chi connectivity index (χ2v) is 4.95. The van der Waals surface area contributed by atoms with E-state index in [0.29, 0.717) is 6.54 Å². The van der Waals surface area contributed by atoms with Crippen molar-refractivity contribution in [2.24, 2.45) is 5.73 Å². The van der Waals surface area contributed by atoms with Crippen LogP contribution in [0.25, 0.3) is 0 Å². The molecule has 0 bridgehead atoms. The summed E-state index contributed by atoms with van der Waals surface area (Å²) in [5.41, 5.74) is 8.81. The molecule has 80 valence electrons. The molecule has 1 aromatic rings. The first kappa shape index (κ1) is 10.5. The first-order chi connectivity index (χ1) is 7.13. The molecule has 1 amide bonds. The van der Waals surface area contributed by atoms with Gasteiger partial charge in [-0.2, -0.15) is 0 Å². The Bertz CT molecular complexity index is 417. The second-order valence-electron chi connectivity index (χ2n) is 3.73. The van der Waals surface area contributed by atoms with Gasteiger partial charge in [-0.3, -0.25) is 4.79 Å². The van der Waals surface area contributed by atoms with E-state index in [9.17, 15) is 4.79 Å². The number of carbonyl (C=O) groups excluding carboxylic acids is 1. The Kier molecular flexibility index (Phi) is 2.71. The van der Waals surface area contributed by atoms with Gasteiger partial charge in [0.2, 0.25) is 5.91 Å². The Morgan fingerprint density at radius 2 is 2.07 bits per heavy atom. The van der Waals surface area contributed by atoms with Gasteiger partial charge in [0.05, 0.1) is 5.69 Å². The number of anilines is 1. The van der Waals surface area contributed by atoms with Crippen LogP contribution >= 0.6 is 11.8 Å². The fraction of sp³-hybridized carbons (Fsp3) is 0.364. The monoisotopic (exact) mass is 222 g/mol. The lowest BCUT2D eigenvalue weighted by atomic mass is 10.1. The highest BCUT2D eigenvalue weighted by atomic mass is 32.2. The van der Waals surface area contributed by atoms with Crippen molar-refractivity contribution in [3.63, 3.8) is 0 Å². The van der Waals surface area contributed by atoms with Crippen molar-refractivity contribution in [3.8, 4) is 0 Å². The van der Waals surface area contributed by atoms with E-state index < -0.39 is 0 Å². The summed E-state index contributed by atoms with van der Waals surface area (Å²) in [4.78, 5) is 12.8. The lowest BCUT2D eigenvalue weighted by Crippen LogP contribution is -2.35. The zero-order valence-electron chi connectivity index (χ0n) is 8.83. The number of nitrogens with two attached hydrogens (primary N) is 1. The van der Waals surface area contributed by atoms with E-state index in [-0.39, 0.29) is 11.2 Å². The van der Waals surface area contributed by atoms with Crippen LogP contribution < -0.4 is 11.1 Å². The summed E-state index contributed by atoms with van der Waals surface area (Å²) in [7, 11) is 0. The highest BCUT2D eigenvalue weighted by Gasteiger charge is 2.27. The normalized spacial score (nSPS) is 19.7. The van der Waals surface area contributed by atoms with Crippen molar-refractivity contribution in [1.82, 2.24) is 0 Å². The summed E-state index contributed by atoms with van der Waals surface area (Å²) < 4.78 is 0. The van der Waals surface area contributed by atoms with Gasteiger partial charge in [0.1, 0.15) is 5.25 Å². The van der Waals surface area contributed by atoms with Crippen LogP contribution in [0.5, 0.6) is 0 Å².